The Morgan fingerprint density at radius 3 is 2.50 bits per heavy atom. The minimum Gasteiger partial charge on any atom is -0.332 e. The molecular weight excluding hydrogens is 294 g/mol. The predicted molar refractivity (Wildman–Crippen MR) is 72.8 cm³/mol. The first-order valence-corrected chi connectivity index (χ1v) is 7.85. The molecule has 0 saturated carbocycles. The first-order valence-electron chi connectivity index (χ1n) is 4.89. The second-order valence-electron chi connectivity index (χ2n) is 3.47. The fourth-order valence-corrected chi connectivity index (χ4v) is 2.75. The van der Waals surface area contributed by atoms with Gasteiger partial charge in [0.15, 0.2) is 5.13 Å². The second kappa shape index (κ2) is 5.23. The lowest BCUT2D eigenvalue weighted by atomic mass is 10.3. The standard InChI is InChI=1S/C10H10ClN3O2S2/c11-5-8-6-17-10(14-8)13-7-1-3-9(4-2-7)18(12,15)16/h1-4,6H,5H2,(H,13,14)(H2,12,15,16). The largest absolute Gasteiger partial charge is 0.332 e. The molecule has 2 rings (SSSR count). The minimum atomic E-state index is -3.65. The number of nitrogens with one attached hydrogen (secondary N) is 1. The SMILES string of the molecule is NS(=O)(=O)c1ccc(Nc2nc(CCl)cs2)cc1. The molecule has 0 unspecified atom stereocenters. The molecule has 5 nitrogen and oxygen atoms in total. The monoisotopic (exact) mass is 303 g/mol. The number of hydrogen-bond donors (Lipinski definition) is 2. The minimum absolute atomic E-state index is 0.0774. The van der Waals surface area contributed by atoms with Gasteiger partial charge in [0.05, 0.1) is 16.5 Å². The molecule has 0 spiro atoms. The van der Waals surface area contributed by atoms with Crippen molar-refractivity contribution in [2.75, 3.05) is 5.32 Å². The number of aromatic nitrogens is 1. The average molecular weight is 304 g/mol. The van der Waals surface area contributed by atoms with E-state index in [4.69, 9.17) is 16.7 Å². The molecule has 8 heteroatoms. The molecule has 0 aliphatic carbocycles. The van der Waals surface area contributed by atoms with Gasteiger partial charge in [-0.05, 0) is 24.3 Å². The fraction of sp³-hybridized carbons (Fsp3) is 0.100. The zero-order valence-corrected chi connectivity index (χ0v) is 11.5. The summed E-state index contributed by atoms with van der Waals surface area (Å²) in [5.41, 5.74) is 1.53. The topological polar surface area (TPSA) is 85.1 Å². The van der Waals surface area contributed by atoms with Crippen molar-refractivity contribution >= 4 is 43.8 Å². The zero-order chi connectivity index (χ0) is 13.2. The Morgan fingerprint density at radius 2 is 2.00 bits per heavy atom. The summed E-state index contributed by atoms with van der Waals surface area (Å²) in [5, 5.41) is 10.6. The van der Waals surface area contributed by atoms with Crippen LogP contribution in [-0.4, -0.2) is 13.4 Å². The van der Waals surface area contributed by atoms with Gasteiger partial charge in [-0.25, -0.2) is 18.5 Å². The number of sulfonamides is 1. The molecule has 1 aromatic carbocycles. The van der Waals surface area contributed by atoms with Gasteiger partial charge in [0.1, 0.15) is 0 Å². The van der Waals surface area contributed by atoms with Crippen molar-refractivity contribution in [3.8, 4) is 0 Å². The first kappa shape index (κ1) is 13.3. The van der Waals surface area contributed by atoms with Crippen LogP contribution in [0.3, 0.4) is 0 Å². The fourth-order valence-electron chi connectivity index (χ4n) is 1.28. The lowest BCUT2D eigenvalue weighted by molar-refractivity contribution is 0.598. The van der Waals surface area contributed by atoms with E-state index >= 15 is 0 Å². The van der Waals surface area contributed by atoms with Gasteiger partial charge in [0.25, 0.3) is 0 Å². The van der Waals surface area contributed by atoms with Gasteiger partial charge < -0.3 is 5.32 Å². The normalized spacial score (nSPS) is 11.4. The smallest absolute Gasteiger partial charge is 0.238 e. The number of nitrogens with zero attached hydrogens (tertiary/aromatic N) is 1. The Labute approximate surface area is 114 Å². The first-order chi connectivity index (χ1) is 8.49. The van der Waals surface area contributed by atoms with Gasteiger partial charge in [-0.3, -0.25) is 0 Å². The summed E-state index contributed by atoms with van der Waals surface area (Å²) in [6.45, 7) is 0. The molecule has 0 radical (unpaired) electrons. The van der Waals surface area contributed by atoms with Crippen LogP contribution in [0.15, 0.2) is 34.5 Å². The quantitative estimate of drug-likeness (QED) is 0.849. The van der Waals surface area contributed by atoms with Crippen LogP contribution < -0.4 is 10.5 Å². The molecule has 0 atom stereocenters. The Balaban J connectivity index is 2.15. The third kappa shape index (κ3) is 3.20. The maximum absolute atomic E-state index is 11.1. The highest BCUT2D eigenvalue weighted by atomic mass is 35.5. The molecule has 0 aliphatic heterocycles. The van der Waals surface area contributed by atoms with E-state index in [1.54, 1.807) is 12.1 Å². The van der Waals surface area contributed by atoms with E-state index in [-0.39, 0.29) is 4.90 Å². The molecule has 96 valence electrons. The third-order valence-electron chi connectivity index (χ3n) is 2.12. The number of primary sulfonamides is 1. The van der Waals surface area contributed by atoms with Gasteiger partial charge in [-0.15, -0.1) is 22.9 Å². The molecule has 0 saturated heterocycles. The van der Waals surface area contributed by atoms with Crippen LogP contribution in [0.25, 0.3) is 0 Å². The number of thiazole rings is 1. The summed E-state index contributed by atoms with van der Waals surface area (Å²) >= 11 is 7.08. The Kier molecular flexibility index (Phi) is 3.86. The predicted octanol–water partition coefficient (Wildman–Crippen LogP) is 2.27. The summed E-state index contributed by atoms with van der Waals surface area (Å²) in [6.07, 6.45) is 0. The highest BCUT2D eigenvalue weighted by Gasteiger charge is 2.07. The van der Waals surface area contributed by atoms with Crippen LogP contribution in [0.2, 0.25) is 0 Å². The van der Waals surface area contributed by atoms with Crippen LogP contribution in [0.5, 0.6) is 0 Å². The molecular formula is C10H10ClN3O2S2. The lowest BCUT2D eigenvalue weighted by Gasteiger charge is -2.03. The summed E-state index contributed by atoms with van der Waals surface area (Å²) < 4.78 is 22.2. The van der Waals surface area contributed by atoms with Crippen molar-refractivity contribution in [3.05, 3.63) is 35.3 Å². The second-order valence-corrected chi connectivity index (χ2v) is 6.16. The van der Waals surface area contributed by atoms with Crippen LogP contribution >= 0.6 is 22.9 Å². The van der Waals surface area contributed by atoms with E-state index in [2.05, 4.69) is 10.3 Å². The Hall–Kier alpha value is -1.15. The van der Waals surface area contributed by atoms with Gasteiger partial charge in [0.2, 0.25) is 10.0 Å². The van der Waals surface area contributed by atoms with E-state index in [0.717, 1.165) is 11.4 Å². The average Bonchev–Trinajstić information content (AvgIpc) is 2.76. The number of halogens is 1. The molecule has 0 amide bonds. The van der Waals surface area contributed by atoms with Crippen LogP contribution in [0.1, 0.15) is 5.69 Å². The zero-order valence-electron chi connectivity index (χ0n) is 9.13. The van der Waals surface area contributed by atoms with Crippen molar-refractivity contribution in [1.29, 1.82) is 0 Å². The number of alkyl halides is 1. The number of hydrogen-bond acceptors (Lipinski definition) is 5. The maximum Gasteiger partial charge on any atom is 0.238 e. The van der Waals surface area contributed by atoms with E-state index in [1.165, 1.54) is 23.5 Å². The van der Waals surface area contributed by atoms with Crippen molar-refractivity contribution in [2.24, 2.45) is 5.14 Å². The molecule has 18 heavy (non-hydrogen) atoms. The van der Waals surface area contributed by atoms with Gasteiger partial charge in [0, 0.05) is 11.1 Å². The number of anilines is 2. The molecule has 0 aliphatic rings. The van der Waals surface area contributed by atoms with Crippen LogP contribution in [0, 0.1) is 0 Å². The van der Waals surface area contributed by atoms with E-state index in [9.17, 15) is 8.42 Å². The molecule has 2 aromatic rings. The number of nitrogens with two attached hydrogens (primary N) is 1. The van der Waals surface area contributed by atoms with Crippen molar-refractivity contribution < 1.29 is 8.42 Å². The van der Waals surface area contributed by atoms with Crippen molar-refractivity contribution in [2.45, 2.75) is 10.8 Å². The van der Waals surface area contributed by atoms with E-state index in [1.807, 2.05) is 5.38 Å². The van der Waals surface area contributed by atoms with E-state index in [0.29, 0.717) is 11.0 Å². The number of benzene rings is 1. The summed E-state index contributed by atoms with van der Waals surface area (Å²) in [5.74, 6) is 0.364. The van der Waals surface area contributed by atoms with Crippen molar-refractivity contribution in [3.63, 3.8) is 0 Å². The van der Waals surface area contributed by atoms with E-state index < -0.39 is 10.0 Å². The molecule has 3 N–H and O–H groups in total. The summed E-state index contributed by atoms with van der Waals surface area (Å²) in [4.78, 5) is 4.31. The molecule has 1 heterocycles. The molecule has 0 bridgehead atoms. The van der Waals surface area contributed by atoms with Gasteiger partial charge in [-0.2, -0.15) is 0 Å². The van der Waals surface area contributed by atoms with Crippen LogP contribution in [0.4, 0.5) is 10.8 Å². The van der Waals surface area contributed by atoms with Gasteiger partial charge in [-0.1, -0.05) is 0 Å². The molecule has 0 fully saturated rings. The third-order valence-corrected chi connectivity index (χ3v) is 4.13. The Bertz CT molecular complexity index is 637. The highest BCUT2D eigenvalue weighted by Crippen LogP contribution is 2.22. The maximum atomic E-state index is 11.1. The van der Waals surface area contributed by atoms with Crippen molar-refractivity contribution in [1.82, 2.24) is 4.98 Å². The lowest BCUT2D eigenvalue weighted by Crippen LogP contribution is -2.11. The van der Waals surface area contributed by atoms with Crippen LogP contribution in [-0.2, 0) is 15.9 Å². The Morgan fingerprint density at radius 1 is 1.33 bits per heavy atom. The summed E-state index contributed by atoms with van der Waals surface area (Å²) in [6, 6.07) is 6.13. The molecule has 1 aromatic heterocycles. The summed E-state index contributed by atoms with van der Waals surface area (Å²) in [7, 11) is -3.65. The highest BCUT2D eigenvalue weighted by molar-refractivity contribution is 7.89. The number of rotatable bonds is 4. The van der Waals surface area contributed by atoms with Gasteiger partial charge >= 0.3 is 0 Å².